The molecular weight excluding hydrogens is 250 g/mol. The fourth-order valence-corrected chi connectivity index (χ4v) is 2.09. The standard InChI is InChI=1S/C11H21N3O3Si/c1-16-11(15)10-13-9(12)7-14(10)8-17-5-6-18(2,3)4/h7H,5-6,8,12H2,1-4H3. The molecule has 0 bridgehead atoms. The number of ether oxygens (including phenoxy) is 2. The van der Waals surface area contributed by atoms with E-state index in [9.17, 15) is 4.79 Å². The lowest BCUT2D eigenvalue weighted by Crippen LogP contribution is -2.22. The van der Waals surface area contributed by atoms with Crippen LogP contribution in [0.1, 0.15) is 10.6 Å². The normalized spacial score (nSPS) is 11.6. The molecule has 0 spiro atoms. The van der Waals surface area contributed by atoms with Crippen molar-refractivity contribution in [1.29, 1.82) is 0 Å². The number of nitrogens with zero attached hydrogens (tertiary/aromatic N) is 2. The highest BCUT2D eigenvalue weighted by atomic mass is 28.3. The van der Waals surface area contributed by atoms with Gasteiger partial charge < -0.3 is 15.2 Å². The lowest BCUT2D eigenvalue weighted by Gasteiger charge is -2.15. The van der Waals surface area contributed by atoms with Crippen LogP contribution in [0.5, 0.6) is 0 Å². The van der Waals surface area contributed by atoms with Crippen molar-refractivity contribution >= 4 is 19.9 Å². The van der Waals surface area contributed by atoms with Crippen LogP contribution in [0.3, 0.4) is 0 Å². The first-order valence-electron chi connectivity index (χ1n) is 5.82. The van der Waals surface area contributed by atoms with E-state index < -0.39 is 14.0 Å². The third-order valence-electron chi connectivity index (χ3n) is 2.39. The molecule has 0 saturated carbocycles. The Morgan fingerprint density at radius 1 is 1.50 bits per heavy atom. The molecule has 0 aromatic carbocycles. The highest BCUT2D eigenvalue weighted by molar-refractivity contribution is 6.76. The van der Waals surface area contributed by atoms with Crippen LogP contribution in [0.15, 0.2) is 6.20 Å². The molecule has 0 radical (unpaired) electrons. The van der Waals surface area contributed by atoms with Crippen molar-refractivity contribution < 1.29 is 14.3 Å². The highest BCUT2D eigenvalue weighted by Gasteiger charge is 2.16. The van der Waals surface area contributed by atoms with Crippen molar-refractivity contribution in [3.63, 3.8) is 0 Å². The quantitative estimate of drug-likeness (QED) is 0.482. The zero-order chi connectivity index (χ0) is 13.8. The van der Waals surface area contributed by atoms with Gasteiger partial charge in [-0.25, -0.2) is 9.78 Å². The summed E-state index contributed by atoms with van der Waals surface area (Å²) in [6.07, 6.45) is 1.57. The van der Waals surface area contributed by atoms with E-state index in [4.69, 9.17) is 10.5 Å². The summed E-state index contributed by atoms with van der Waals surface area (Å²) in [5, 5.41) is 0. The summed E-state index contributed by atoms with van der Waals surface area (Å²) in [5.74, 6) is -0.0623. The molecule has 0 aliphatic carbocycles. The van der Waals surface area contributed by atoms with Crippen molar-refractivity contribution in [2.75, 3.05) is 19.5 Å². The van der Waals surface area contributed by atoms with Crippen molar-refractivity contribution in [2.24, 2.45) is 0 Å². The van der Waals surface area contributed by atoms with E-state index in [2.05, 4.69) is 29.4 Å². The third-order valence-corrected chi connectivity index (χ3v) is 4.09. The summed E-state index contributed by atoms with van der Waals surface area (Å²) in [7, 11) is 0.210. The van der Waals surface area contributed by atoms with Gasteiger partial charge in [-0.05, 0) is 6.04 Å². The van der Waals surface area contributed by atoms with Gasteiger partial charge in [0.2, 0.25) is 5.82 Å². The van der Waals surface area contributed by atoms with E-state index in [1.807, 2.05) is 0 Å². The number of imidazole rings is 1. The average molecular weight is 271 g/mol. The van der Waals surface area contributed by atoms with Crippen LogP contribution in [-0.4, -0.2) is 37.3 Å². The number of carbonyl (C=O) groups excluding carboxylic acids is 1. The largest absolute Gasteiger partial charge is 0.463 e. The Kier molecular flexibility index (Phi) is 4.91. The summed E-state index contributed by atoms with van der Waals surface area (Å²) < 4.78 is 11.7. The molecule has 0 unspecified atom stereocenters. The first-order valence-corrected chi connectivity index (χ1v) is 9.53. The number of carbonyl (C=O) groups is 1. The lowest BCUT2D eigenvalue weighted by atomic mass is 10.6. The predicted molar refractivity (Wildman–Crippen MR) is 72.1 cm³/mol. The highest BCUT2D eigenvalue weighted by Crippen LogP contribution is 2.10. The fraction of sp³-hybridized carbons (Fsp3) is 0.636. The van der Waals surface area contributed by atoms with Crippen LogP contribution in [0, 0.1) is 0 Å². The second kappa shape index (κ2) is 6.01. The summed E-state index contributed by atoms with van der Waals surface area (Å²) in [5.41, 5.74) is 5.56. The molecule has 6 nitrogen and oxygen atoms in total. The molecule has 18 heavy (non-hydrogen) atoms. The SMILES string of the molecule is COC(=O)c1nc(N)cn1COCC[Si](C)(C)C. The lowest BCUT2D eigenvalue weighted by molar-refractivity contribution is 0.0531. The van der Waals surface area contributed by atoms with Gasteiger partial charge in [-0.15, -0.1) is 0 Å². The number of methoxy groups -OCH3 is 1. The Bertz CT molecular complexity index is 412. The maximum atomic E-state index is 11.4. The molecule has 0 saturated heterocycles. The molecule has 1 aromatic heterocycles. The van der Waals surface area contributed by atoms with Gasteiger partial charge >= 0.3 is 5.97 Å². The Hall–Kier alpha value is -1.34. The number of anilines is 1. The van der Waals surface area contributed by atoms with Crippen molar-refractivity contribution in [2.45, 2.75) is 32.4 Å². The van der Waals surface area contributed by atoms with Crippen LogP contribution < -0.4 is 5.73 Å². The van der Waals surface area contributed by atoms with Gasteiger partial charge in [-0.2, -0.15) is 0 Å². The van der Waals surface area contributed by atoms with Gasteiger partial charge in [0.05, 0.1) is 13.3 Å². The molecule has 0 aliphatic rings. The number of nitrogen functional groups attached to an aromatic ring is 1. The molecule has 102 valence electrons. The molecule has 1 heterocycles. The molecule has 1 rings (SSSR count). The van der Waals surface area contributed by atoms with Crippen LogP contribution in [0.25, 0.3) is 0 Å². The third kappa shape index (κ3) is 4.50. The van der Waals surface area contributed by atoms with Gasteiger partial charge in [0.1, 0.15) is 12.5 Å². The van der Waals surface area contributed by atoms with Gasteiger partial charge in [0.25, 0.3) is 0 Å². The molecule has 0 aliphatic heterocycles. The van der Waals surface area contributed by atoms with Crippen LogP contribution in [-0.2, 0) is 16.2 Å². The van der Waals surface area contributed by atoms with Crippen LogP contribution >= 0.6 is 0 Å². The minimum Gasteiger partial charge on any atom is -0.463 e. The topological polar surface area (TPSA) is 79.4 Å². The zero-order valence-corrected chi connectivity index (χ0v) is 12.4. The monoisotopic (exact) mass is 271 g/mol. The van der Waals surface area contributed by atoms with E-state index in [0.717, 1.165) is 6.04 Å². The van der Waals surface area contributed by atoms with Crippen LogP contribution in [0.4, 0.5) is 5.82 Å². The Balaban J connectivity index is 2.54. The number of rotatable bonds is 6. The maximum absolute atomic E-state index is 11.4. The second-order valence-corrected chi connectivity index (χ2v) is 10.9. The average Bonchev–Trinajstić information content (AvgIpc) is 2.63. The predicted octanol–water partition coefficient (Wildman–Crippen LogP) is 1.56. The fourth-order valence-electron chi connectivity index (χ4n) is 1.33. The molecular formula is C11H21N3O3Si. The van der Waals surface area contributed by atoms with Crippen LogP contribution in [0.2, 0.25) is 25.7 Å². The van der Waals surface area contributed by atoms with E-state index in [-0.39, 0.29) is 18.4 Å². The van der Waals surface area contributed by atoms with Gasteiger partial charge in [0, 0.05) is 14.7 Å². The number of hydrogen-bond donors (Lipinski definition) is 1. The number of nitrogens with two attached hydrogens (primary N) is 1. The second-order valence-electron chi connectivity index (χ2n) is 5.30. The minimum atomic E-state index is -1.10. The van der Waals surface area contributed by atoms with E-state index in [1.54, 1.807) is 10.8 Å². The maximum Gasteiger partial charge on any atom is 0.374 e. The number of aromatic nitrogens is 2. The van der Waals surface area contributed by atoms with E-state index in [0.29, 0.717) is 6.61 Å². The van der Waals surface area contributed by atoms with Crippen molar-refractivity contribution in [3.05, 3.63) is 12.0 Å². The minimum absolute atomic E-state index is 0.169. The van der Waals surface area contributed by atoms with Gasteiger partial charge in [-0.3, -0.25) is 4.57 Å². The molecule has 0 fully saturated rings. The Morgan fingerprint density at radius 2 is 2.17 bits per heavy atom. The number of hydrogen-bond acceptors (Lipinski definition) is 5. The molecule has 2 N–H and O–H groups in total. The zero-order valence-electron chi connectivity index (χ0n) is 11.4. The van der Waals surface area contributed by atoms with Crippen molar-refractivity contribution in [3.8, 4) is 0 Å². The molecule has 0 atom stereocenters. The molecule has 7 heteroatoms. The van der Waals surface area contributed by atoms with Gasteiger partial charge in [-0.1, -0.05) is 19.6 Å². The summed E-state index contributed by atoms with van der Waals surface area (Å²) >= 11 is 0. The summed E-state index contributed by atoms with van der Waals surface area (Å²) in [6.45, 7) is 7.79. The smallest absolute Gasteiger partial charge is 0.374 e. The Morgan fingerprint density at radius 3 is 2.72 bits per heavy atom. The first-order chi connectivity index (χ1) is 8.33. The van der Waals surface area contributed by atoms with E-state index in [1.165, 1.54) is 7.11 Å². The summed E-state index contributed by atoms with van der Waals surface area (Å²) in [6, 6.07) is 1.07. The van der Waals surface area contributed by atoms with Gasteiger partial charge in [0.15, 0.2) is 0 Å². The van der Waals surface area contributed by atoms with Crippen molar-refractivity contribution in [1.82, 2.24) is 9.55 Å². The number of esters is 1. The first kappa shape index (κ1) is 14.7. The molecule has 1 aromatic rings. The van der Waals surface area contributed by atoms with E-state index >= 15 is 0 Å². The Labute approximate surface area is 108 Å². The summed E-state index contributed by atoms with van der Waals surface area (Å²) in [4.78, 5) is 15.3. The molecule has 0 amide bonds.